The SMILES string of the molecule is [C-]#[N+]C1=C[C@@]2(C)c3c(c(-c4ccc(C)cc4)nn3-c3ccc(-c4cnnc(C)c4)cc3)CC[C@@H]2[C@@H](CCC)C1=O.[C-]#[N+]C1=C[C@@]2(C)c3c(c(-c4ccccn4)nn3-c3ccc(-c4cncc(F)c4)cc3)CC[C@@H]2[C@@H](CCC)C1=O.[C-]#[N+]C1=C[C@@]2(C)c3nc(-c4cccc(-c5ccncc5)c4)n(-c4cccc(F)c4)c3CC[C@@H]2[C@@H](CCC)C1=O. The standard InChI is InChI=1S/C34H33N5O.C33H29FN4O.C32H28FN5O/c1-6-7-27-29-17-16-28-31(24-10-8-21(2)9-11-24)38-39(33(28)34(29,4)19-30(35-5)32(27)40)26-14-12-23(13-15-26)25-18-22(3)37-36-20-25;1-4-7-26-27-12-13-29-31(33(27,2)20-28(35-3)30(26)39)37-32(38(29)25-11-6-10-24(34)19-25)23-9-5-8-22(18-23)21-14-16-36-17-15-21;1-4-7-24-26-14-13-25-29(27-8-5-6-15-36-27)37-38(31(25)32(26,2)17-28(34-3)30(24)39)23-11-9-20(10-12-23)21-16-22(33)19-35-18-21/h8-15,18-20,27,29H,6-7,16-17H2,1-4H3;5-6,8-11,14-20,26-27H,4,7,12-13H2,1-2H3;5-6,8-12,15-19,24,26H,4,7,13-14H2,1-2H3/t27-,29-,34-;26-,27-,33-;24-,26-,32-/m111/s1. The Kier molecular flexibility index (Phi) is 21.7. The molecule has 0 radical (unpaired) electrons. The van der Waals surface area contributed by atoms with Crippen LogP contribution in [-0.2, 0) is 49.9 Å². The van der Waals surface area contributed by atoms with Gasteiger partial charge in [0, 0.05) is 97.9 Å². The lowest BCUT2D eigenvalue weighted by Gasteiger charge is -2.46. The number of carbonyl (C=O) groups excluding carboxylic acids is 3. The Morgan fingerprint density at radius 1 is 0.466 bits per heavy atom. The number of nitrogens with zero attached hydrogens (tertiary/aromatic N) is 14. The number of carbonyl (C=O) groups is 3. The number of aromatic nitrogens is 11. The highest BCUT2D eigenvalue weighted by molar-refractivity contribution is 6.02. The van der Waals surface area contributed by atoms with Crippen LogP contribution in [0.2, 0.25) is 0 Å². The van der Waals surface area contributed by atoms with Gasteiger partial charge in [-0.3, -0.25) is 19.5 Å². The van der Waals surface area contributed by atoms with Gasteiger partial charge in [0.25, 0.3) is 0 Å². The van der Waals surface area contributed by atoms with E-state index in [0.717, 1.165) is 184 Å². The van der Waals surface area contributed by atoms with E-state index in [0.29, 0.717) is 11.3 Å². The van der Waals surface area contributed by atoms with Crippen molar-refractivity contribution in [2.45, 2.75) is 149 Å². The minimum Gasteiger partial charge on any atom is -0.308 e. The Balaban J connectivity index is 0.000000132. The molecular weight excluding hydrogens is 1470 g/mol. The number of aryl methyl sites for hydroxylation is 2. The third-order valence-electron chi connectivity index (χ3n) is 25.4. The summed E-state index contributed by atoms with van der Waals surface area (Å²) < 4.78 is 34.4. The molecule has 6 aliphatic carbocycles. The van der Waals surface area contributed by atoms with Gasteiger partial charge in [-0.05, 0) is 197 Å². The predicted octanol–water partition coefficient (Wildman–Crippen LogP) is 21.4. The molecule has 12 aromatic rings. The van der Waals surface area contributed by atoms with Gasteiger partial charge >= 0.3 is 0 Å². The average molecular weight is 1560 g/mol. The van der Waals surface area contributed by atoms with Crippen molar-refractivity contribution >= 4 is 17.3 Å². The van der Waals surface area contributed by atoms with Crippen molar-refractivity contribution in [1.29, 1.82) is 0 Å². The summed E-state index contributed by atoms with van der Waals surface area (Å²) in [4.78, 5) is 68.9. The van der Waals surface area contributed by atoms with Gasteiger partial charge < -0.3 is 14.4 Å². The third-order valence-corrected chi connectivity index (χ3v) is 25.4. The molecule has 588 valence electrons. The van der Waals surface area contributed by atoms with Crippen LogP contribution in [0.1, 0.15) is 144 Å². The normalized spacial score (nSPS) is 21.9. The van der Waals surface area contributed by atoms with Crippen LogP contribution in [0.25, 0.3) is 99.0 Å². The third kappa shape index (κ3) is 14.2. The molecule has 0 aliphatic heterocycles. The smallest absolute Gasteiger partial charge is 0.226 e. The molecule has 5 aromatic carbocycles. The lowest BCUT2D eigenvalue weighted by molar-refractivity contribution is -0.123. The predicted molar refractivity (Wildman–Crippen MR) is 453 cm³/mol. The molecule has 9 atom stereocenters. The number of ketones is 3. The molecule has 0 N–H and O–H groups in total. The summed E-state index contributed by atoms with van der Waals surface area (Å²) in [5.74, 6) is -0.273. The van der Waals surface area contributed by atoms with Crippen LogP contribution in [-0.4, -0.2) is 71.6 Å². The largest absolute Gasteiger partial charge is 0.308 e. The second kappa shape index (κ2) is 32.5. The van der Waals surface area contributed by atoms with E-state index < -0.39 is 16.2 Å². The van der Waals surface area contributed by atoms with E-state index in [-0.39, 0.29) is 81.6 Å². The van der Waals surface area contributed by atoms with E-state index in [1.165, 1.54) is 35.5 Å². The number of rotatable bonds is 15. The fraction of sp³-hybridized carbons (Fsp3) is 0.293. The maximum absolute atomic E-state index is 14.5. The van der Waals surface area contributed by atoms with Gasteiger partial charge in [0.2, 0.25) is 17.1 Å². The molecule has 0 unspecified atom stereocenters. The molecule has 17 nitrogen and oxygen atoms in total. The summed E-state index contributed by atoms with van der Waals surface area (Å²) >= 11 is 0. The first kappa shape index (κ1) is 78.7. The van der Waals surface area contributed by atoms with Crippen LogP contribution in [0.4, 0.5) is 8.78 Å². The monoisotopic (exact) mass is 1560 g/mol. The summed E-state index contributed by atoms with van der Waals surface area (Å²) in [6.07, 6.45) is 25.5. The Labute approximate surface area is 686 Å². The second-order valence-electron chi connectivity index (χ2n) is 32.7. The maximum atomic E-state index is 14.5. The van der Waals surface area contributed by atoms with Gasteiger partial charge in [-0.25, -0.2) is 37.7 Å². The topological polar surface area (TPSA) is 182 Å². The van der Waals surface area contributed by atoms with Gasteiger partial charge in [0.15, 0.2) is 17.3 Å². The Morgan fingerprint density at radius 3 is 1.53 bits per heavy atom. The van der Waals surface area contributed by atoms with E-state index in [1.54, 1.807) is 37.1 Å². The van der Waals surface area contributed by atoms with E-state index in [2.05, 4.69) is 158 Å². The van der Waals surface area contributed by atoms with Gasteiger partial charge in [-0.2, -0.15) is 20.4 Å². The molecule has 0 amide bonds. The quantitative estimate of drug-likeness (QED) is 0.0891. The minimum absolute atomic E-state index is 0.0122. The molecule has 19 heteroatoms. The fourth-order valence-electron chi connectivity index (χ4n) is 20.0. The lowest BCUT2D eigenvalue weighted by Crippen LogP contribution is -2.47. The average Bonchev–Trinajstić information content (AvgIpc) is 1.52. The van der Waals surface area contributed by atoms with Crippen molar-refractivity contribution < 1.29 is 23.2 Å². The number of pyridine rings is 3. The molecule has 118 heavy (non-hydrogen) atoms. The van der Waals surface area contributed by atoms with Gasteiger partial charge in [-0.15, -0.1) is 0 Å². The van der Waals surface area contributed by atoms with E-state index in [4.69, 9.17) is 34.9 Å². The molecule has 0 spiro atoms. The zero-order valence-corrected chi connectivity index (χ0v) is 67.5. The molecule has 6 aliphatic rings. The first-order valence-electron chi connectivity index (χ1n) is 40.9. The van der Waals surface area contributed by atoms with Crippen LogP contribution in [0.3, 0.4) is 0 Å². The van der Waals surface area contributed by atoms with Crippen LogP contribution >= 0.6 is 0 Å². The van der Waals surface area contributed by atoms with Gasteiger partial charge in [0.05, 0.1) is 83.3 Å². The molecule has 0 fully saturated rings. The van der Waals surface area contributed by atoms with Crippen molar-refractivity contribution in [2.75, 3.05) is 0 Å². The molecule has 0 saturated heterocycles. The number of allylic oxidation sites excluding steroid dienone is 6. The summed E-state index contributed by atoms with van der Waals surface area (Å²) in [6.45, 7) is 40.2. The van der Waals surface area contributed by atoms with Crippen molar-refractivity contribution in [3.05, 3.63) is 327 Å². The van der Waals surface area contributed by atoms with E-state index in [9.17, 15) is 23.2 Å². The summed E-state index contributed by atoms with van der Waals surface area (Å²) in [5, 5.41) is 18.6. The fourth-order valence-corrected chi connectivity index (χ4v) is 20.0. The highest BCUT2D eigenvalue weighted by Crippen LogP contribution is 2.57. The second-order valence-corrected chi connectivity index (χ2v) is 32.7. The number of hydrogen-bond acceptors (Lipinski definition) is 11. The Morgan fingerprint density at radius 2 is 0.983 bits per heavy atom. The van der Waals surface area contributed by atoms with Gasteiger partial charge in [-0.1, -0.05) is 163 Å². The van der Waals surface area contributed by atoms with Crippen molar-refractivity contribution in [3.8, 4) is 84.5 Å². The number of imidazole rings is 1. The molecule has 0 bridgehead atoms. The molecular formula is C99H90F2N14O3. The van der Waals surface area contributed by atoms with Crippen molar-refractivity contribution in [2.24, 2.45) is 35.5 Å². The van der Waals surface area contributed by atoms with E-state index >= 15 is 0 Å². The molecule has 0 saturated carbocycles. The zero-order chi connectivity index (χ0) is 82.3. The van der Waals surface area contributed by atoms with Crippen molar-refractivity contribution in [1.82, 2.24) is 54.3 Å². The summed E-state index contributed by atoms with van der Waals surface area (Å²) in [5.41, 5.74) is 20.3. The number of halogens is 2. The molecule has 7 aromatic heterocycles. The maximum Gasteiger partial charge on any atom is 0.226 e. The molecule has 18 rings (SSSR count). The number of hydrogen-bond donors (Lipinski definition) is 0. The highest BCUT2D eigenvalue weighted by atomic mass is 19.1. The number of Topliss-reactive ketones (excluding diaryl/α,β-unsaturated/α-hetero) is 3. The van der Waals surface area contributed by atoms with Crippen molar-refractivity contribution in [3.63, 3.8) is 0 Å². The lowest BCUT2D eigenvalue weighted by atomic mass is 9.57. The number of fused-ring (bicyclic) bond motifs is 9. The van der Waals surface area contributed by atoms with Crippen LogP contribution in [0, 0.1) is 80.7 Å². The summed E-state index contributed by atoms with van der Waals surface area (Å²) in [7, 11) is 0. The Bertz CT molecular complexity index is 6140. The highest BCUT2D eigenvalue weighted by Gasteiger charge is 2.55. The number of benzene rings is 5. The van der Waals surface area contributed by atoms with Crippen LogP contribution in [0.15, 0.2) is 236 Å². The Hall–Kier alpha value is -13.2. The van der Waals surface area contributed by atoms with Crippen LogP contribution in [0.5, 0.6) is 0 Å². The first-order chi connectivity index (χ1) is 57.2. The zero-order valence-electron chi connectivity index (χ0n) is 67.5. The van der Waals surface area contributed by atoms with Gasteiger partial charge in [0.1, 0.15) is 23.2 Å². The molecule has 7 heterocycles. The van der Waals surface area contributed by atoms with Crippen LogP contribution < -0.4 is 0 Å². The van der Waals surface area contributed by atoms with E-state index in [1.807, 2.05) is 109 Å². The summed E-state index contributed by atoms with van der Waals surface area (Å²) in [6, 6.07) is 52.8. The minimum atomic E-state index is -0.572. The first-order valence-corrected chi connectivity index (χ1v) is 40.9.